The quantitative estimate of drug-likeness (QED) is 0.748. The van der Waals surface area contributed by atoms with E-state index in [2.05, 4.69) is 60.3 Å². The Morgan fingerprint density at radius 3 is 2.75 bits per heavy atom. The van der Waals surface area contributed by atoms with Gasteiger partial charge in [0.05, 0.1) is 0 Å². The van der Waals surface area contributed by atoms with Crippen LogP contribution in [-0.2, 0) is 12.8 Å². The van der Waals surface area contributed by atoms with Crippen LogP contribution in [0.1, 0.15) is 36.5 Å². The van der Waals surface area contributed by atoms with Crippen molar-refractivity contribution < 1.29 is 0 Å². The molecule has 1 aromatic carbocycles. The smallest absolute Gasteiger partial charge is 0.0111 e. The lowest BCUT2D eigenvalue weighted by molar-refractivity contribution is 0.477. The fraction of sp³-hybridized carbons (Fsp3) is 0.444. The fourth-order valence-electron chi connectivity index (χ4n) is 2.51. The minimum absolute atomic E-state index is 0.580. The topological polar surface area (TPSA) is 12.0 Å². The zero-order valence-electron chi connectivity index (χ0n) is 12.6. The van der Waals surface area contributed by atoms with E-state index < -0.39 is 0 Å². The van der Waals surface area contributed by atoms with Gasteiger partial charge in [-0.1, -0.05) is 31.2 Å². The molecule has 2 heteroatoms. The zero-order chi connectivity index (χ0) is 14.2. The van der Waals surface area contributed by atoms with Crippen LogP contribution in [0.15, 0.2) is 41.1 Å². The van der Waals surface area contributed by atoms with Crippen molar-refractivity contribution in [3.63, 3.8) is 0 Å². The standard InChI is InChI=1S/C18H25NS/c1-3-11-19-18(9-8-16-10-12-20-14-16)13-17-7-5-4-6-15(17)2/h4-7,10,12,14,18-19H,3,8-9,11,13H2,1-2H3. The summed E-state index contributed by atoms with van der Waals surface area (Å²) in [6.07, 6.45) is 4.72. The van der Waals surface area contributed by atoms with Crippen LogP contribution in [0.4, 0.5) is 0 Å². The van der Waals surface area contributed by atoms with Gasteiger partial charge in [0.15, 0.2) is 0 Å². The van der Waals surface area contributed by atoms with Gasteiger partial charge >= 0.3 is 0 Å². The Balaban J connectivity index is 1.94. The van der Waals surface area contributed by atoms with E-state index in [0.29, 0.717) is 6.04 Å². The summed E-state index contributed by atoms with van der Waals surface area (Å²) in [5.41, 5.74) is 4.36. The van der Waals surface area contributed by atoms with E-state index in [4.69, 9.17) is 0 Å². The first-order chi connectivity index (χ1) is 9.79. The van der Waals surface area contributed by atoms with Gasteiger partial charge in [-0.3, -0.25) is 0 Å². The average Bonchev–Trinajstić information content (AvgIpc) is 2.97. The van der Waals surface area contributed by atoms with Gasteiger partial charge in [-0.25, -0.2) is 0 Å². The molecule has 20 heavy (non-hydrogen) atoms. The van der Waals surface area contributed by atoms with Gasteiger partial charge < -0.3 is 5.32 Å². The Morgan fingerprint density at radius 2 is 2.05 bits per heavy atom. The molecular formula is C18H25NS. The second-order valence-electron chi connectivity index (χ2n) is 5.45. The van der Waals surface area contributed by atoms with Gasteiger partial charge in [0, 0.05) is 6.04 Å². The van der Waals surface area contributed by atoms with Gasteiger partial charge in [0.25, 0.3) is 0 Å². The van der Waals surface area contributed by atoms with Gasteiger partial charge in [0.2, 0.25) is 0 Å². The third-order valence-corrected chi connectivity index (χ3v) is 4.50. The SMILES string of the molecule is CCCNC(CCc1ccsc1)Cc1ccccc1C. The highest BCUT2D eigenvalue weighted by Crippen LogP contribution is 2.15. The van der Waals surface area contributed by atoms with Gasteiger partial charge in [-0.05, 0) is 72.7 Å². The van der Waals surface area contributed by atoms with Crippen molar-refractivity contribution >= 4 is 11.3 Å². The summed E-state index contributed by atoms with van der Waals surface area (Å²) < 4.78 is 0. The molecule has 0 radical (unpaired) electrons. The van der Waals surface area contributed by atoms with Crippen LogP contribution in [0, 0.1) is 6.92 Å². The normalized spacial score (nSPS) is 12.5. The number of nitrogens with one attached hydrogen (secondary N) is 1. The Bertz CT molecular complexity index is 490. The third kappa shape index (κ3) is 4.77. The Hall–Kier alpha value is -1.12. The lowest BCUT2D eigenvalue weighted by atomic mass is 9.97. The minimum Gasteiger partial charge on any atom is -0.314 e. The van der Waals surface area contributed by atoms with E-state index in [1.165, 1.54) is 36.0 Å². The molecule has 0 aliphatic heterocycles. The monoisotopic (exact) mass is 287 g/mol. The molecule has 0 fully saturated rings. The second kappa shape index (κ2) is 8.23. The van der Waals surface area contributed by atoms with Crippen LogP contribution in [0.3, 0.4) is 0 Å². The van der Waals surface area contributed by atoms with Crippen LogP contribution in [0.25, 0.3) is 0 Å². The lowest BCUT2D eigenvalue weighted by Gasteiger charge is -2.19. The summed E-state index contributed by atoms with van der Waals surface area (Å²) >= 11 is 1.80. The maximum absolute atomic E-state index is 3.71. The molecule has 1 N–H and O–H groups in total. The van der Waals surface area contributed by atoms with E-state index in [1.54, 1.807) is 11.3 Å². The number of thiophene rings is 1. The van der Waals surface area contributed by atoms with Gasteiger partial charge in [-0.2, -0.15) is 11.3 Å². The fourth-order valence-corrected chi connectivity index (χ4v) is 3.21. The van der Waals surface area contributed by atoms with Crippen LogP contribution in [0.5, 0.6) is 0 Å². The number of hydrogen-bond acceptors (Lipinski definition) is 2. The second-order valence-corrected chi connectivity index (χ2v) is 6.23. The average molecular weight is 287 g/mol. The van der Waals surface area contributed by atoms with Crippen LogP contribution in [0.2, 0.25) is 0 Å². The predicted octanol–water partition coefficient (Wildman–Crippen LogP) is 4.60. The van der Waals surface area contributed by atoms with E-state index in [0.717, 1.165) is 13.0 Å². The first-order valence-corrected chi connectivity index (χ1v) is 8.53. The largest absolute Gasteiger partial charge is 0.314 e. The molecule has 2 aromatic rings. The lowest BCUT2D eigenvalue weighted by Crippen LogP contribution is -2.32. The summed E-state index contributed by atoms with van der Waals surface area (Å²) in [4.78, 5) is 0. The molecule has 0 saturated carbocycles. The molecule has 1 unspecified atom stereocenters. The Morgan fingerprint density at radius 1 is 1.20 bits per heavy atom. The van der Waals surface area contributed by atoms with Gasteiger partial charge in [-0.15, -0.1) is 0 Å². The number of rotatable bonds is 8. The summed E-state index contributed by atoms with van der Waals surface area (Å²) in [6.45, 7) is 5.56. The third-order valence-electron chi connectivity index (χ3n) is 3.77. The number of aryl methyl sites for hydroxylation is 2. The highest BCUT2D eigenvalue weighted by Gasteiger charge is 2.10. The number of hydrogen-bond donors (Lipinski definition) is 1. The molecule has 1 nitrogen and oxygen atoms in total. The molecule has 0 aliphatic carbocycles. The Kier molecular flexibility index (Phi) is 6.28. The molecular weight excluding hydrogens is 262 g/mol. The first-order valence-electron chi connectivity index (χ1n) is 7.58. The molecule has 2 rings (SSSR count). The molecule has 108 valence electrons. The molecule has 0 aliphatic rings. The molecule has 0 bridgehead atoms. The van der Waals surface area contributed by atoms with Crippen LogP contribution < -0.4 is 5.32 Å². The summed E-state index contributed by atoms with van der Waals surface area (Å²) in [5, 5.41) is 8.15. The van der Waals surface area contributed by atoms with E-state index in [9.17, 15) is 0 Å². The summed E-state index contributed by atoms with van der Waals surface area (Å²) in [6, 6.07) is 11.6. The highest BCUT2D eigenvalue weighted by molar-refractivity contribution is 7.07. The van der Waals surface area contributed by atoms with E-state index in [1.807, 2.05) is 0 Å². The molecule has 0 saturated heterocycles. The maximum Gasteiger partial charge on any atom is 0.0111 e. The van der Waals surface area contributed by atoms with Crippen molar-refractivity contribution in [2.75, 3.05) is 6.54 Å². The van der Waals surface area contributed by atoms with Gasteiger partial charge in [0.1, 0.15) is 0 Å². The molecule has 0 amide bonds. The predicted molar refractivity (Wildman–Crippen MR) is 89.6 cm³/mol. The zero-order valence-corrected chi connectivity index (χ0v) is 13.4. The summed E-state index contributed by atoms with van der Waals surface area (Å²) in [7, 11) is 0. The van der Waals surface area contributed by atoms with Crippen molar-refractivity contribution in [3.8, 4) is 0 Å². The maximum atomic E-state index is 3.71. The van der Waals surface area contributed by atoms with Crippen molar-refractivity contribution in [2.45, 2.75) is 45.6 Å². The van der Waals surface area contributed by atoms with Crippen molar-refractivity contribution in [2.24, 2.45) is 0 Å². The van der Waals surface area contributed by atoms with E-state index in [-0.39, 0.29) is 0 Å². The molecule has 0 spiro atoms. The minimum atomic E-state index is 0.580. The summed E-state index contributed by atoms with van der Waals surface area (Å²) in [5.74, 6) is 0. The molecule has 1 aromatic heterocycles. The Labute approximate surface area is 127 Å². The van der Waals surface area contributed by atoms with Crippen molar-refractivity contribution in [1.82, 2.24) is 5.32 Å². The van der Waals surface area contributed by atoms with Crippen molar-refractivity contribution in [1.29, 1.82) is 0 Å². The molecule has 1 atom stereocenters. The van der Waals surface area contributed by atoms with Crippen LogP contribution >= 0.6 is 11.3 Å². The van der Waals surface area contributed by atoms with Crippen LogP contribution in [-0.4, -0.2) is 12.6 Å². The number of benzene rings is 1. The highest BCUT2D eigenvalue weighted by atomic mass is 32.1. The first kappa shape index (κ1) is 15.3. The molecule has 1 heterocycles. The van der Waals surface area contributed by atoms with E-state index >= 15 is 0 Å². The van der Waals surface area contributed by atoms with Crippen molar-refractivity contribution in [3.05, 3.63) is 57.8 Å².